The molecule has 0 fully saturated rings. The van der Waals surface area contributed by atoms with Gasteiger partial charge in [0.25, 0.3) is 0 Å². The standard InChI is InChI=1S/C40H52O3S2/c1-5-6-7-8-9-10-11-12-13-16-23-34-24-21-22-29-39(34)45(41,42)43-44(36-25-17-14-18-26-36,37-27-19-15-20-28-37)38-32-30-35(31-33-38)40(2,3)4/h14-15,17-22,24-33H,5-13,16,23H2,1-4H3. The number of unbranched alkanes of at least 4 members (excludes halogenated alkanes) is 9. The normalized spacial score (nSPS) is 12.7. The maximum atomic E-state index is 14.5. The van der Waals surface area contributed by atoms with Crippen molar-refractivity contribution in [3.05, 3.63) is 120 Å². The zero-order chi connectivity index (χ0) is 32.2. The van der Waals surface area contributed by atoms with Crippen molar-refractivity contribution in [3.63, 3.8) is 0 Å². The molecule has 0 unspecified atom stereocenters. The number of hydrogen-bond acceptors (Lipinski definition) is 3. The third-order valence-electron chi connectivity index (χ3n) is 8.44. The largest absolute Gasteiger partial charge is 0.307 e. The van der Waals surface area contributed by atoms with Crippen LogP contribution in [0.25, 0.3) is 0 Å². The molecule has 4 aromatic carbocycles. The highest BCUT2D eigenvalue weighted by Crippen LogP contribution is 2.70. The van der Waals surface area contributed by atoms with Crippen molar-refractivity contribution in [2.24, 2.45) is 0 Å². The van der Waals surface area contributed by atoms with Crippen LogP contribution >= 0.6 is 10.3 Å². The second kappa shape index (κ2) is 16.6. The van der Waals surface area contributed by atoms with Crippen LogP contribution in [0.4, 0.5) is 0 Å². The summed E-state index contributed by atoms with van der Waals surface area (Å²) < 4.78 is 35.7. The minimum Gasteiger partial charge on any atom is -0.203 e. The Kier molecular flexibility index (Phi) is 12.9. The second-order valence-electron chi connectivity index (χ2n) is 13.0. The molecule has 4 aromatic rings. The Morgan fingerprint density at radius 2 is 0.978 bits per heavy atom. The topological polar surface area (TPSA) is 43.4 Å². The Bertz CT molecular complexity index is 1500. The summed E-state index contributed by atoms with van der Waals surface area (Å²) in [7, 11) is -6.81. The van der Waals surface area contributed by atoms with Crippen LogP contribution in [-0.2, 0) is 25.6 Å². The van der Waals surface area contributed by atoms with Gasteiger partial charge in [0.2, 0.25) is 0 Å². The molecule has 5 heteroatoms. The molecular weight excluding hydrogens is 593 g/mol. The molecule has 0 aliphatic rings. The minimum absolute atomic E-state index is 0.0312. The third-order valence-corrected chi connectivity index (χ3v) is 13.7. The van der Waals surface area contributed by atoms with E-state index in [1.807, 2.05) is 72.8 Å². The van der Waals surface area contributed by atoms with Crippen LogP contribution < -0.4 is 0 Å². The van der Waals surface area contributed by atoms with Gasteiger partial charge in [-0.15, -0.1) is 0 Å². The number of benzene rings is 4. The van der Waals surface area contributed by atoms with Gasteiger partial charge in [0.1, 0.15) is 0 Å². The van der Waals surface area contributed by atoms with Crippen molar-refractivity contribution in [1.29, 1.82) is 0 Å². The summed E-state index contributed by atoms with van der Waals surface area (Å²) in [5.74, 6) is 0. The van der Waals surface area contributed by atoms with E-state index in [1.54, 1.807) is 12.1 Å². The van der Waals surface area contributed by atoms with Gasteiger partial charge in [0.15, 0.2) is 0 Å². The molecule has 0 aliphatic heterocycles. The van der Waals surface area contributed by atoms with E-state index in [-0.39, 0.29) is 10.3 Å². The fourth-order valence-electron chi connectivity index (χ4n) is 5.83. The van der Waals surface area contributed by atoms with E-state index in [4.69, 9.17) is 3.63 Å². The molecule has 0 aliphatic carbocycles. The third kappa shape index (κ3) is 9.34. The number of rotatable bonds is 17. The van der Waals surface area contributed by atoms with Gasteiger partial charge in [-0.2, -0.15) is 8.42 Å². The molecule has 242 valence electrons. The average Bonchev–Trinajstić information content (AvgIpc) is 3.05. The fourth-order valence-corrected chi connectivity index (χ4v) is 11.3. The van der Waals surface area contributed by atoms with Crippen LogP contribution in [0.2, 0.25) is 0 Å². The van der Waals surface area contributed by atoms with Crippen molar-refractivity contribution < 1.29 is 12.0 Å². The maximum absolute atomic E-state index is 14.5. The molecule has 0 saturated heterocycles. The lowest BCUT2D eigenvalue weighted by molar-refractivity contribution is 0.506. The molecule has 0 spiro atoms. The van der Waals surface area contributed by atoms with Crippen molar-refractivity contribution in [1.82, 2.24) is 0 Å². The first-order valence-corrected chi connectivity index (χ1v) is 19.7. The van der Waals surface area contributed by atoms with E-state index in [0.717, 1.165) is 33.1 Å². The highest BCUT2D eigenvalue weighted by molar-refractivity contribution is 8.33. The highest BCUT2D eigenvalue weighted by atomic mass is 32.3. The Labute approximate surface area is 275 Å². The smallest absolute Gasteiger partial charge is 0.203 e. The number of hydrogen-bond donors (Lipinski definition) is 0. The Hall–Kier alpha value is -2.86. The summed E-state index contributed by atoms with van der Waals surface area (Å²) >= 11 is 0. The van der Waals surface area contributed by atoms with Gasteiger partial charge in [0, 0.05) is 14.7 Å². The molecule has 45 heavy (non-hydrogen) atoms. The van der Waals surface area contributed by atoms with Crippen LogP contribution in [0.3, 0.4) is 0 Å². The fraction of sp³-hybridized carbons (Fsp3) is 0.400. The lowest BCUT2D eigenvalue weighted by atomic mass is 9.87. The lowest BCUT2D eigenvalue weighted by Gasteiger charge is -2.39. The molecule has 0 amide bonds. The summed E-state index contributed by atoms with van der Waals surface area (Å²) in [6.07, 6.45) is 13.2. The first-order chi connectivity index (χ1) is 21.7. The Morgan fingerprint density at radius 3 is 1.49 bits per heavy atom. The predicted octanol–water partition coefficient (Wildman–Crippen LogP) is 12.0. The summed E-state index contributed by atoms with van der Waals surface area (Å²) in [6.45, 7) is 8.81. The molecule has 0 atom stereocenters. The molecule has 0 N–H and O–H groups in total. The molecule has 0 heterocycles. The average molecular weight is 645 g/mol. The van der Waals surface area contributed by atoms with Crippen LogP contribution in [0.15, 0.2) is 129 Å². The van der Waals surface area contributed by atoms with Crippen LogP contribution in [0.5, 0.6) is 0 Å². The molecule has 0 aromatic heterocycles. The molecule has 3 nitrogen and oxygen atoms in total. The van der Waals surface area contributed by atoms with Gasteiger partial charge >= 0.3 is 10.1 Å². The van der Waals surface area contributed by atoms with Gasteiger partial charge in [-0.1, -0.05) is 152 Å². The Morgan fingerprint density at radius 1 is 0.533 bits per heavy atom. The van der Waals surface area contributed by atoms with Gasteiger partial charge in [-0.05, 0) is 82.2 Å². The van der Waals surface area contributed by atoms with E-state index in [9.17, 15) is 8.42 Å². The van der Waals surface area contributed by atoms with Crippen molar-refractivity contribution in [3.8, 4) is 0 Å². The zero-order valence-electron chi connectivity index (χ0n) is 27.7. The van der Waals surface area contributed by atoms with Crippen LogP contribution in [-0.4, -0.2) is 8.42 Å². The molecule has 0 radical (unpaired) electrons. The van der Waals surface area contributed by atoms with E-state index in [0.29, 0.717) is 6.42 Å². The summed E-state index contributed by atoms with van der Waals surface area (Å²) in [5.41, 5.74) is 1.98. The maximum Gasteiger partial charge on any atom is 0.307 e. The van der Waals surface area contributed by atoms with E-state index in [1.165, 1.54) is 56.9 Å². The van der Waals surface area contributed by atoms with Crippen LogP contribution in [0.1, 0.15) is 103 Å². The monoisotopic (exact) mass is 644 g/mol. The summed E-state index contributed by atoms with van der Waals surface area (Å²) in [5, 5.41) is 0. The predicted molar refractivity (Wildman–Crippen MR) is 191 cm³/mol. The van der Waals surface area contributed by atoms with E-state index >= 15 is 0 Å². The first-order valence-electron chi connectivity index (χ1n) is 16.8. The van der Waals surface area contributed by atoms with E-state index < -0.39 is 20.4 Å². The van der Waals surface area contributed by atoms with Crippen molar-refractivity contribution in [2.45, 2.75) is 123 Å². The number of aryl methyl sites for hydroxylation is 1. The zero-order valence-corrected chi connectivity index (χ0v) is 29.3. The summed E-state index contributed by atoms with van der Waals surface area (Å²) in [4.78, 5) is 2.81. The van der Waals surface area contributed by atoms with Crippen LogP contribution in [0, 0.1) is 0 Å². The lowest BCUT2D eigenvalue weighted by Crippen LogP contribution is -2.16. The molecule has 4 rings (SSSR count). The van der Waals surface area contributed by atoms with Crippen molar-refractivity contribution in [2.75, 3.05) is 0 Å². The molecule has 0 saturated carbocycles. The minimum atomic E-state index is -4.16. The first kappa shape index (κ1) is 35.0. The SMILES string of the molecule is CCCCCCCCCCCCc1ccccc1S(=O)(=O)OS(c1ccccc1)(c1ccccc1)c1ccc(C(C)(C)C)cc1. The molecular formula is C40H52O3S2. The van der Waals surface area contributed by atoms with Gasteiger partial charge in [-0.25, -0.2) is 3.63 Å². The summed E-state index contributed by atoms with van der Waals surface area (Å²) in [6, 6.07) is 35.4. The molecule has 0 bridgehead atoms. The Balaban J connectivity index is 1.63. The highest BCUT2D eigenvalue weighted by Gasteiger charge is 2.39. The van der Waals surface area contributed by atoms with Crippen molar-refractivity contribution >= 4 is 20.4 Å². The van der Waals surface area contributed by atoms with Gasteiger partial charge in [0.05, 0.1) is 4.90 Å². The van der Waals surface area contributed by atoms with Gasteiger partial charge in [-0.3, -0.25) is 0 Å². The second-order valence-corrected chi connectivity index (χ2v) is 17.4. The quantitative estimate of drug-likeness (QED) is 0.107. The van der Waals surface area contributed by atoms with Gasteiger partial charge < -0.3 is 0 Å². The van der Waals surface area contributed by atoms with E-state index in [2.05, 4.69) is 52.0 Å².